The van der Waals surface area contributed by atoms with Crippen molar-refractivity contribution >= 4 is 34.5 Å². The van der Waals surface area contributed by atoms with Crippen LogP contribution in [-0.4, -0.2) is 63.0 Å². The SMILES string of the molecule is CC(C)(C)OC(=O)N1CCN(c2ccc(C(=O)Nc3nc(-c4ccccc4)ns3)cn2)CC1. The van der Waals surface area contributed by atoms with Crippen molar-refractivity contribution in [2.24, 2.45) is 0 Å². The number of rotatable bonds is 4. The van der Waals surface area contributed by atoms with Crippen LogP contribution in [0.4, 0.5) is 15.7 Å². The van der Waals surface area contributed by atoms with Gasteiger partial charge in [-0.3, -0.25) is 10.1 Å². The minimum Gasteiger partial charge on any atom is -0.444 e. The van der Waals surface area contributed by atoms with Gasteiger partial charge in [-0.15, -0.1) is 0 Å². The zero-order chi connectivity index (χ0) is 23.4. The number of hydrogen-bond donors (Lipinski definition) is 1. The number of carbonyl (C=O) groups excluding carboxylic acids is 2. The van der Waals surface area contributed by atoms with E-state index < -0.39 is 5.60 Å². The maximum absolute atomic E-state index is 12.6. The topological polar surface area (TPSA) is 101 Å². The fourth-order valence-electron chi connectivity index (χ4n) is 3.30. The van der Waals surface area contributed by atoms with E-state index in [1.165, 1.54) is 0 Å². The molecule has 2 amide bonds. The Bertz CT molecular complexity index is 1100. The third kappa shape index (κ3) is 5.83. The molecule has 172 valence electrons. The van der Waals surface area contributed by atoms with E-state index in [4.69, 9.17) is 4.74 Å². The Morgan fingerprint density at radius 2 is 1.76 bits per heavy atom. The van der Waals surface area contributed by atoms with Crippen LogP contribution in [0.1, 0.15) is 31.1 Å². The highest BCUT2D eigenvalue weighted by Gasteiger charge is 2.26. The van der Waals surface area contributed by atoms with Crippen LogP contribution in [0, 0.1) is 0 Å². The van der Waals surface area contributed by atoms with Gasteiger partial charge in [0, 0.05) is 49.5 Å². The molecule has 3 aromatic rings. The van der Waals surface area contributed by atoms with Crippen molar-refractivity contribution in [3.05, 3.63) is 54.2 Å². The third-order valence-corrected chi connectivity index (χ3v) is 5.57. The number of nitrogens with zero attached hydrogens (tertiary/aromatic N) is 5. The lowest BCUT2D eigenvalue weighted by Crippen LogP contribution is -2.50. The van der Waals surface area contributed by atoms with E-state index >= 15 is 0 Å². The highest BCUT2D eigenvalue weighted by Crippen LogP contribution is 2.22. The van der Waals surface area contributed by atoms with Gasteiger partial charge in [0.1, 0.15) is 11.4 Å². The van der Waals surface area contributed by atoms with Gasteiger partial charge in [0.15, 0.2) is 5.82 Å². The van der Waals surface area contributed by atoms with Crippen molar-refractivity contribution in [2.45, 2.75) is 26.4 Å². The van der Waals surface area contributed by atoms with E-state index in [-0.39, 0.29) is 12.0 Å². The summed E-state index contributed by atoms with van der Waals surface area (Å²) in [5.74, 6) is 1.05. The lowest BCUT2D eigenvalue weighted by atomic mass is 10.2. The molecule has 0 bridgehead atoms. The van der Waals surface area contributed by atoms with Gasteiger partial charge >= 0.3 is 6.09 Å². The molecule has 10 heteroatoms. The molecule has 0 atom stereocenters. The van der Waals surface area contributed by atoms with Crippen molar-refractivity contribution < 1.29 is 14.3 Å². The summed E-state index contributed by atoms with van der Waals surface area (Å²) in [4.78, 5) is 37.4. The van der Waals surface area contributed by atoms with Crippen molar-refractivity contribution in [2.75, 3.05) is 36.4 Å². The summed E-state index contributed by atoms with van der Waals surface area (Å²) < 4.78 is 9.74. The third-order valence-electron chi connectivity index (χ3n) is 4.94. The predicted octanol–water partition coefficient (Wildman–Crippen LogP) is 3.91. The molecule has 1 aliphatic rings. The van der Waals surface area contributed by atoms with Gasteiger partial charge in [-0.2, -0.15) is 9.36 Å². The maximum Gasteiger partial charge on any atom is 0.410 e. The molecular weight excluding hydrogens is 440 g/mol. The van der Waals surface area contributed by atoms with Gasteiger partial charge in [0.05, 0.1) is 5.56 Å². The largest absolute Gasteiger partial charge is 0.444 e. The van der Waals surface area contributed by atoms with E-state index in [1.807, 2.05) is 57.2 Å². The van der Waals surface area contributed by atoms with Gasteiger partial charge in [-0.25, -0.2) is 9.78 Å². The molecule has 2 aromatic heterocycles. The molecular formula is C23H26N6O3S. The Labute approximate surface area is 196 Å². The molecule has 1 N–H and O–H groups in total. The average Bonchev–Trinajstić information content (AvgIpc) is 3.27. The summed E-state index contributed by atoms with van der Waals surface area (Å²) in [5.41, 5.74) is 0.818. The van der Waals surface area contributed by atoms with E-state index in [0.29, 0.717) is 42.7 Å². The molecule has 0 aliphatic carbocycles. The van der Waals surface area contributed by atoms with E-state index in [1.54, 1.807) is 17.2 Å². The zero-order valence-corrected chi connectivity index (χ0v) is 19.6. The number of anilines is 2. The molecule has 1 fully saturated rings. The second-order valence-electron chi connectivity index (χ2n) is 8.60. The van der Waals surface area contributed by atoms with Gasteiger partial charge < -0.3 is 14.5 Å². The van der Waals surface area contributed by atoms with Crippen LogP contribution in [0.3, 0.4) is 0 Å². The summed E-state index contributed by atoms with van der Waals surface area (Å²) in [7, 11) is 0. The Morgan fingerprint density at radius 3 is 2.39 bits per heavy atom. The smallest absolute Gasteiger partial charge is 0.410 e. The second kappa shape index (κ2) is 9.53. The first-order valence-corrected chi connectivity index (χ1v) is 11.5. The minimum absolute atomic E-state index is 0.292. The van der Waals surface area contributed by atoms with Gasteiger partial charge in [0.2, 0.25) is 5.13 Å². The van der Waals surface area contributed by atoms with E-state index in [9.17, 15) is 9.59 Å². The average molecular weight is 467 g/mol. The second-order valence-corrected chi connectivity index (χ2v) is 9.35. The Balaban J connectivity index is 1.32. The number of nitrogens with one attached hydrogen (secondary N) is 1. The molecule has 1 saturated heterocycles. The minimum atomic E-state index is -0.510. The van der Waals surface area contributed by atoms with Crippen molar-refractivity contribution in [1.82, 2.24) is 19.2 Å². The molecule has 1 aliphatic heterocycles. The summed E-state index contributed by atoms with van der Waals surface area (Å²) in [6, 6.07) is 13.1. The summed E-state index contributed by atoms with van der Waals surface area (Å²) in [5, 5.41) is 3.21. The Hall–Kier alpha value is -3.53. The quantitative estimate of drug-likeness (QED) is 0.622. The van der Waals surface area contributed by atoms with Crippen LogP contribution in [0.2, 0.25) is 0 Å². The first-order valence-electron chi connectivity index (χ1n) is 10.7. The number of aromatic nitrogens is 3. The maximum atomic E-state index is 12.6. The first kappa shape index (κ1) is 22.7. The fourth-order valence-corrected chi connectivity index (χ4v) is 3.88. The standard InChI is InChI=1S/C23H26N6O3S/c1-23(2,3)32-22(31)29-13-11-28(12-14-29)18-10-9-17(15-24-18)20(30)26-21-25-19(27-33-21)16-7-5-4-6-8-16/h4-10,15H,11-14H2,1-3H3,(H,25,26,27,30). The molecule has 0 radical (unpaired) electrons. The van der Waals surface area contributed by atoms with Gasteiger partial charge in [0.25, 0.3) is 5.91 Å². The normalized spacial score (nSPS) is 14.2. The molecule has 33 heavy (non-hydrogen) atoms. The van der Waals surface area contributed by atoms with Crippen LogP contribution in [-0.2, 0) is 4.74 Å². The number of carbonyl (C=O) groups is 2. The molecule has 4 rings (SSSR count). The summed E-state index contributed by atoms with van der Waals surface area (Å²) in [6.45, 7) is 7.97. The van der Waals surface area contributed by atoms with Crippen LogP contribution in [0.25, 0.3) is 11.4 Å². The van der Waals surface area contributed by atoms with E-state index in [2.05, 4.69) is 24.6 Å². The number of ether oxygens (including phenoxy) is 1. The first-order chi connectivity index (χ1) is 15.8. The molecule has 0 unspecified atom stereocenters. The van der Waals surface area contributed by atoms with Crippen LogP contribution < -0.4 is 10.2 Å². The molecule has 0 saturated carbocycles. The summed E-state index contributed by atoms with van der Waals surface area (Å²) in [6.07, 6.45) is 1.25. The summed E-state index contributed by atoms with van der Waals surface area (Å²) >= 11 is 1.13. The zero-order valence-electron chi connectivity index (χ0n) is 18.8. The van der Waals surface area contributed by atoms with E-state index in [0.717, 1.165) is 22.9 Å². The number of hydrogen-bond acceptors (Lipinski definition) is 8. The Kier molecular flexibility index (Phi) is 6.55. The Morgan fingerprint density at radius 1 is 1.03 bits per heavy atom. The number of piperazine rings is 1. The predicted molar refractivity (Wildman–Crippen MR) is 128 cm³/mol. The fraction of sp³-hybridized carbons (Fsp3) is 0.348. The van der Waals surface area contributed by atoms with Crippen molar-refractivity contribution in [1.29, 1.82) is 0 Å². The van der Waals surface area contributed by atoms with Gasteiger partial charge in [-0.1, -0.05) is 30.3 Å². The van der Waals surface area contributed by atoms with Crippen LogP contribution in [0.15, 0.2) is 48.7 Å². The van der Waals surface area contributed by atoms with Crippen molar-refractivity contribution in [3.63, 3.8) is 0 Å². The highest BCUT2D eigenvalue weighted by atomic mass is 32.1. The monoisotopic (exact) mass is 466 g/mol. The number of benzene rings is 1. The lowest BCUT2D eigenvalue weighted by Gasteiger charge is -2.36. The van der Waals surface area contributed by atoms with Crippen LogP contribution in [0.5, 0.6) is 0 Å². The number of amides is 2. The van der Waals surface area contributed by atoms with Crippen molar-refractivity contribution in [3.8, 4) is 11.4 Å². The lowest BCUT2D eigenvalue weighted by molar-refractivity contribution is 0.0240. The molecule has 0 spiro atoms. The number of pyridine rings is 1. The molecule has 9 nitrogen and oxygen atoms in total. The molecule has 1 aromatic carbocycles. The highest BCUT2D eigenvalue weighted by molar-refractivity contribution is 7.10. The van der Waals surface area contributed by atoms with Gasteiger partial charge in [-0.05, 0) is 32.9 Å². The molecule has 3 heterocycles. The van der Waals surface area contributed by atoms with Crippen LogP contribution >= 0.6 is 11.5 Å².